The Kier molecular flexibility index (Phi) is 3.72. The van der Waals surface area contributed by atoms with Gasteiger partial charge in [0.1, 0.15) is 0 Å². The normalized spacial score (nSPS) is 41.8. The molecule has 0 amide bonds. The van der Waals surface area contributed by atoms with Gasteiger partial charge in [0.15, 0.2) is 0 Å². The van der Waals surface area contributed by atoms with E-state index in [4.69, 9.17) is 4.74 Å². The summed E-state index contributed by atoms with van der Waals surface area (Å²) in [5, 5.41) is 21.1. The van der Waals surface area contributed by atoms with E-state index in [1.807, 2.05) is 24.3 Å². The summed E-state index contributed by atoms with van der Waals surface area (Å²) in [6, 6.07) is 8.04. The van der Waals surface area contributed by atoms with Crippen LogP contribution >= 0.6 is 15.9 Å². The highest BCUT2D eigenvalue weighted by Gasteiger charge is 2.56. The van der Waals surface area contributed by atoms with E-state index in [0.29, 0.717) is 6.42 Å². The van der Waals surface area contributed by atoms with E-state index in [0.717, 1.165) is 16.5 Å². The smallest absolute Gasteiger partial charge is 0.0933 e. The molecule has 0 radical (unpaired) electrons. The summed E-state index contributed by atoms with van der Waals surface area (Å²) in [5.74, 6) is 0.199. The van der Waals surface area contributed by atoms with Gasteiger partial charge in [0.2, 0.25) is 0 Å². The highest BCUT2D eigenvalue weighted by Crippen LogP contribution is 2.54. The number of aliphatic hydroxyl groups excluding tert-OH is 1. The van der Waals surface area contributed by atoms with Crippen LogP contribution in [0.2, 0.25) is 0 Å². The van der Waals surface area contributed by atoms with Crippen molar-refractivity contribution in [1.29, 1.82) is 0 Å². The molecule has 2 N–H and O–H groups in total. The Labute approximate surface area is 134 Å². The molecule has 1 aliphatic heterocycles. The average Bonchev–Trinajstić information content (AvgIpc) is 2.40. The topological polar surface area (TPSA) is 49.7 Å². The van der Waals surface area contributed by atoms with E-state index >= 15 is 0 Å². The average molecular weight is 355 g/mol. The van der Waals surface area contributed by atoms with Gasteiger partial charge in [0, 0.05) is 10.4 Å². The molecule has 2 aliphatic rings. The van der Waals surface area contributed by atoms with Gasteiger partial charge in [-0.1, -0.05) is 28.1 Å². The van der Waals surface area contributed by atoms with Crippen LogP contribution in [0.25, 0.3) is 0 Å². The third kappa shape index (κ3) is 2.56. The molecule has 0 unspecified atom stereocenters. The summed E-state index contributed by atoms with van der Waals surface area (Å²) < 4.78 is 7.39. The Morgan fingerprint density at radius 2 is 1.76 bits per heavy atom. The minimum Gasteiger partial charge on any atom is -0.390 e. The summed E-state index contributed by atoms with van der Waals surface area (Å²) in [6.07, 6.45) is 0.609. The Morgan fingerprint density at radius 3 is 2.38 bits per heavy atom. The van der Waals surface area contributed by atoms with E-state index in [1.165, 1.54) is 0 Å². The second kappa shape index (κ2) is 5.05. The standard InChI is InChI=1S/C17H23BrO3/c1-16(2)11-8-13(17(3,20)14(19)9-11)15(21-16)10-4-6-12(18)7-5-10/h4-7,11,13-15,19-20H,8-9H2,1-3H3/t11-,13+,14-,15-,17-/m0/s1. The van der Waals surface area contributed by atoms with E-state index < -0.39 is 11.7 Å². The van der Waals surface area contributed by atoms with Gasteiger partial charge in [-0.25, -0.2) is 0 Å². The zero-order chi connectivity index (χ0) is 15.4. The summed E-state index contributed by atoms with van der Waals surface area (Å²) in [6.45, 7) is 5.92. The maximum Gasteiger partial charge on any atom is 0.0933 e. The molecule has 3 nitrogen and oxygen atoms in total. The molecule has 1 heterocycles. The molecule has 2 fully saturated rings. The van der Waals surface area contributed by atoms with Crippen LogP contribution in [0, 0.1) is 11.8 Å². The molecule has 1 aliphatic carbocycles. The predicted octanol–water partition coefficient (Wildman–Crippen LogP) is 3.44. The number of rotatable bonds is 1. The lowest BCUT2D eigenvalue weighted by atomic mass is 9.61. The van der Waals surface area contributed by atoms with E-state index in [-0.39, 0.29) is 23.5 Å². The first-order valence-electron chi connectivity index (χ1n) is 7.55. The van der Waals surface area contributed by atoms with Crippen LogP contribution in [0.3, 0.4) is 0 Å². The third-order valence-corrected chi connectivity index (χ3v) is 5.98. The van der Waals surface area contributed by atoms with Crippen LogP contribution in [0.5, 0.6) is 0 Å². The van der Waals surface area contributed by atoms with Gasteiger partial charge in [0.05, 0.1) is 23.4 Å². The van der Waals surface area contributed by atoms with Crippen molar-refractivity contribution in [3.05, 3.63) is 34.3 Å². The fraction of sp³-hybridized carbons (Fsp3) is 0.647. The molecule has 0 spiro atoms. The van der Waals surface area contributed by atoms with Crippen molar-refractivity contribution in [3.63, 3.8) is 0 Å². The van der Waals surface area contributed by atoms with Crippen molar-refractivity contribution in [2.75, 3.05) is 0 Å². The Morgan fingerprint density at radius 1 is 1.14 bits per heavy atom. The molecule has 3 rings (SSSR count). The van der Waals surface area contributed by atoms with Gasteiger partial charge < -0.3 is 14.9 Å². The minimum atomic E-state index is -1.11. The summed E-state index contributed by atoms with van der Waals surface area (Å²) in [4.78, 5) is 0. The number of aliphatic hydroxyl groups is 2. The lowest BCUT2D eigenvalue weighted by Gasteiger charge is -2.56. The quantitative estimate of drug-likeness (QED) is 0.812. The van der Waals surface area contributed by atoms with E-state index in [2.05, 4.69) is 29.8 Å². The van der Waals surface area contributed by atoms with Gasteiger partial charge in [-0.05, 0) is 57.2 Å². The number of benzene rings is 1. The highest BCUT2D eigenvalue weighted by atomic mass is 79.9. The van der Waals surface area contributed by atoms with Crippen molar-refractivity contribution in [2.45, 2.75) is 57.0 Å². The highest BCUT2D eigenvalue weighted by molar-refractivity contribution is 9.10. The van der Waals surface area contributed by atoms with Crippen molar-refractivity contribution in [1.82, 2.24) is 0 Å². The third-order valence-electron chi connectivity index (χ3n) is 5.45. The molecule has 1 aromatic carbocycles. The number of halogens is 1. The van der Waals surface area contributed by atoms with Crippen LogP contribution in [0.1, 0.15) is 45.3 Å². The maximum atomic E-state index is 10.8. The summed E-state index contributed by atoms with van der Waals surface area (Å²) in [5.41, 5.74) is -0.333. The second-order valence-electron chi connectivity index (χ2n) is 7.21. The van der Waals surface area contributed by atoms with Crippen molar-refractivity contribution in [3.8, 4) is 0 Å². The largest absolute Gasteiger partial charge is 0.390 e. The second-order valence-corrected chi connectivity index (χ2v) is 8.13. The van der Waals surface area contributed by atoms with E-state index in [9.17, 15) is 10.2 Å². The van der Waals surface area contributed by atoms with Gasteiger partial charge in [-0.3, -0.25) is 0 Å². The zero-order valence-corrected chi connectivity index (χ0v) is 14.3. The molecule has 21 heavy (non-hydrogen) atoms. The first-order valence-corrected chi connectivity index (χ1v) is 8.35. The Hall–Kier alpha value is -0.420. The lowest BCUT2D eigenvalue weighted by molar-refractivity contribution is -0.261. The molecule has 2 bridgehead atoms. The lowest BCUT2D eigenvalue weighted by Crippen LogP contribution is -2.60. The summed E-state index contributed by atoms with van der Waals surface area (Å²) >= 11 is 3.45. The van der Waals surface area contributed by atoms with Gasteiger partial charge in [0.25, 0.3) is 0 Å². The fourth-order valence-electron chi connectivity index (χ4n) is 3.85. The monoisotopic (exact) mass is 354 g/mol. The van der Waals surface area contributed by atoms with Crippen LogP contribution in [-0.4, -0.2) is 27.5 Å². The van der Waals surface area contributed by atoms with Gasteiger partial charge >= 0.3 is 0 Å². The molecule has 1 saturated heterocycles. The van der Waals surface area contributed by atoms with Gasteiger partial charge in [-0.15, -0.1) is 0 Å². The van der Waals surface area contributed by atoms with Gasteiger partial charge in [-0.2, -0.15) is 0 Å². The Bertz CT molecular complexity index is 523. The number of hydrogen-bond acceptors (Lipinski definition) is 3. The first-order chi connectivity index (χ1) is 9.72. The van der Waals surface area contributed by atoms with Crippen molar-refractivity contribution < 1.29 is 14.9 Å². The predicted molar refractivity (Wildman–Crippen MR) is 84.9 cm³/mol. The Balaban J connectivity index is 2.00. The number of ether oxygens (including phenoxy) is 1. The first kappa shape index (κ1) is 15.5. The molecule has 5 atom stereocenters. The van der Waals surface area contributed by atoms with Crippen molar-refractivity contribution >= 4 is 15.9 Å². The van der Waals surface area contributed by atoms with E-state index in [1.54, 1.807) is 6.92 Å². The van der Waals surface area contributed by atoms with Crippen LogP contribution in [0.15, 0.2) is 28.7 Å². The minimum absolute atomic E-state index is 0.0829. The zero-order valence-electron chi connectivity index (χ0n) is 12.7. The number of fused-ring (bicyclic) bond motifs is 2. The fourth-order valence-corrected chi connectivity index (χ4v) is 4.12. The van der Waals surface area contributed by atoms with Crippen LogP contribution < -0.4 is 0 Å². The number of hydrogen-bond donors (Lipinski definition) is 2. The molecular formula is C17H23BrO3. The van der Waals surface area contributed by atoms with Crippen molar-refractivity contribution in [2.24, 2.45) is 11.8 Å². The van der Waals surface area contributed by atoms with Crippen LogP contribution in [0.4, 0.5) is 0 Å². The SMILES string of the molecule is CC1(C)O[C@@H](c2ccc(Br)cc2)[C@H]2C[C@H]1C[C@H](O)[C@@]2(C)O. The summed E-state index contributed by atoms with van der Waals surface area (Å²) in [7, 11) is 0. The molecule has 0 aromatic heterocycles. The molecule has 116 valence electrons. The molecule has 1 aromatic rings. The molecule has 1 saturated carbocycles. The molecular weight excluding hydrogens is 332 g/mol. The maximum absolute atomic E-state index is 10.8. The molecule has 4 heteroatoms. The van der Waals surface area contributed by atoms with Crippen LogP contribution in [-0.2, 0) is 4.74 Å².